The molecule has 0 unspecified atom stereocenters. The molecule has 1 N–H and O–H groups in total. The fourth-order valence-electron chi connectivity index (χ4n) is 1.11. The number of likely N-dealkylation sites (N-methyl/N-ethyl adjacent to an activating group) is 1. The summed E-state index contributed by atoms with van der Waals surface area (Å²) >= 11 is 0. The van der Waals surface area contributed by atoms with Crippen molar-refractivity contribution in [2.24, 2.45) is 0 Å². The SMILES string of the molecule is Cc1ncc(N(C)C(C)(C)CO)nc1C. The average Bonchev–Trinajstić information content (AvgIpc) is 2.21. The summed E-state index contributed by atoms with van der Waals surface area (Å²) in [5.74, 6) is 0.789. The normalized spacial score (nSPS) is 11.6. The number of aliphatic hydroxyl groups is 1. The molecule has 0 aliphatic carbocycles. The number of hydrogen-bond donors (Lipinski definition) is 1. The van der Waals surface area contributed by atoms with Gasteiger partial charge in [-0.25, -0.2) is 4.98 Å². The Labute approximate surface area is 91.0 Å². The van der Waals surface area contributed by atoms with Crippen LogP contribution in [0.1, 0.15) is 25.2 Å². The first kappa shape index (κ1) is 11.9. The first-order chi connectivity index (χ1) is 6.88. The Morgan fingerprint density at radius 3 is 2.40 bits per heavy atom. The van der Waals surface area contributed by atoms with Crippen LogP contribution in [0.4, 0.5) is 5.82 Å². The van der Waals surface area contributed by atoms with Crippen molar-refractivity contribution < 1.29 is 5.11 Å². The highest BCUT2D eigenvalue weighted by Crippen LogP contribution is 2.19. The molecule has 1 aromatic rings. The Bertz CT molecular complexity index is 350. The second kappa shape index (κ2) is 4.14. The van der Waals surface area contributed by atoms with Crippen LogP contribution in [-0.2, 0) is 0 Å². The van der Waals surface area contributed by atoms with Crippen LogP contribution in [0.5, 0.6) is 0 Å². The third-order valence-corrected chi connectivity index (χ3v) is 2.82. The van der Waals surface area contributed by atoms with Crippen molar-refractivity contribution in [1.29, 1.82) is 0 Å². The van der Waals surface area contributed by atoms with Crippen LogP contribution in [0.25, 0.3) is 0 Å². The van der Waals surface area contributed by atoms with Crippen molar-refractivity contribution in [3.63, 3.8) is 0 Å². The average molecular weight is 209 g/mol. The molecule has 0 spiro atoms. The van der Waals surface area contributed by atoms with E-state index in [0.29, 0.717) is 0 Å². The van der Waals surface area contributed by atoms with Gasteiger partial charge in [-0.2, -0.15) is 0 Å². The zero-order valence-corrected chi connectivity index (χ0v) is 10.1. The molecule has 0 radical (unpaired) electrons. The van der Waals surface area contributed by atoms with Gasteiger partial charge in [0.15, 0.2) is 0 Å². The van der Waals surface area contributed by atoms with E-state index < -0.39 is 0 Å². The molecule has 4 nitrogen and oxygen atoms in total. The molecular weight excluding hydrogens is 190 g/mol. The lowest BCUT2D eigenvalue weighted by Gasteiger charge is -2.34. The molecule has 15 heavy (non-hydrogen) atoms. The van der Waals surface area contributed by atoms with E-state index in [1.54, 1.807) is 6.20 Å². The molecule has 0 aliphatic heterocycles. The third-order valence-electron chi connectivity index (χ3n) is 2.82. The third kappa shape index (κ3) is 2.45. The molecule has 1 heterocycles. The number of anilines is 1. The van der Waals surface area contributed by atoms with Gasteiger partial charge in [-0.1, -0.05) is 0 Å². The molecule has 0 fully saturated rings. The fraction of sp³-hybridized carbons (Fsp3) is 0.636. The lowest BCUT2D eigenvalue weighted by molar-refractivity contribution is 0.215. The number of aromatic nitrogens is 2. The Hall–Kier alpha value is -1.16. The first-order valence-electron chi connectivity index (χ1n) is 5.03. The summed E-state index contributed by atoms with van der Waals surface area (Å²) in [5, 5.41) is 9.26. The zero-order chi connectivity index (χ0) is 11.6. The van der Waals surface area contributed by atoms with Crippen molar-refractivity contribution in [2.45, 2.75) is 33.2 Å². The molecule has 4 heteroatoms. The van der Waals surface area contributed by atoms with Crippen molar-refractivity contribution in [1.82, 2.24) is 9.97 Å². The zero-order valence-electron chi connectivity index (χ0n) is 10.1. The van der Waals surface area contributed by atoms with Crippen LogP contribution < -0.4 is 4.90 Å². The minimum absolute atomic E-state index is 0.0815. The molecule has 0 amide bonds. The molecule has 1 rings (SSSR count). The molecule has 0 aromatic carbocycles. The second-order valence-electron chi connectivity index (χ2n) is 4.43. The van der Waals surface area contributed by atoms with E-state index in [0.717, 1.165) is 17.2 Å². The van der Waals surface area contributed by atoms with E-state index in [9.17, 15) is 5.11 Å². The maximum atomic E-state index is 9.26. The highest BCUT2D eigenvalue weighted by atomic mass is 16.3. The monoisotopic (exact) mass is 209 g/mol. The van der Waals surface area contributed by atoms with E-state index in [-0.39, 0.29) is 12.1 Å². The van der Waals surface area contributed by atoms with Gasteiger partial charge in [-0.05, 0) is 27.7 Å². The lowest BCUT2D eigenvalue weighted by Crippen LogP contribution is -2.45. The number of rotatable bonds is 3. The maximum absolute atomic E-state index is 9.26. The molecule has 0 atom stereocenters. The van der Waals surface area contributed by atoms with Gasteiger partial charge in [0.05, 0.1) is 29.7 Å². The van der Waals surface area contributed by atoms with E-state index >= 15 is 0 Å². The molecule has 0 saturated carbocycles. The smallest absolute Gasteiger partial charge is 0.147 e. The Morgan fingerprint density at radius 1 is 1.33 bits per heavy atom. The molecule has 84 valence electrons. The minimum atomic E-state index is -0.323. The highest BCUT2D eigenvalue weighted by molar-refractivity contribution is 5.39. The van der Waals surface area contributed by atoms with E-state index in [4.69, 9.17) is 0 Å². The van der Waals surface area contributed by atoms with Gasteiger partial charge in [0, 0.05) is 7.05 Å². The summed E-state index contributed by atoms with van der Waals surface area (Å²) in [7, 11) is 1.91. The standard InChI is InChI=1S/C11H19N3O/c1-8-9(2)13-10(6-12-8)14(5)11(3,4)7-15/h6,15H,7H2,1-5H3. The Kier molecular flexibility index (Phi) is 3.29. The summed E-state index contributed by atoms with van der Waals surface area (Å²) < 4.78 is 0. The predicted molar refractivity (Wildman–Crippen MR) is 61.1 cm³/mol. The molecule has 1 aromatic heterocycles. The van der Waals surface area contributed by atoms with Gasteiger partial charge < -0.3 is 10.0 Å². The number of hydrogen-bond acceptors (Lipinski definition) is 4. The van der Waals surface area contributed by atoms with Gasteiger partial charge >= 0.3 is 0 Å². The number of nitrogens with zero attached hydrogens (tertiary/aromatic N) is 3. The van der Waals surface area contributed by atoms with Crippen LogP contribution in [0.15, 0.2) is 6.20 Å². The van der Waals surface area contributed by atoms with Crippen LogP contribution in [-0.4, -0.2) is 34.3 Å². The first-order valence-corrected chi connectivity index (χ1v) is 5.03. The minimum Gasteiger partial charge on any atom is -0.394 e. The molecule has 0 aliphatic rings. The lowest BCUT2D eigenvalue weighted by atomic mass is 10.1. The van der Waals surface area contributed by atoms with Gasteiger partial charge in [-0.3, -0.25) is 4.98 Å². The number of aliphatic hydroxyl groups excluding tert-OH is 1. The van der Waals surface area contributed by atoms with Crippen LogP contribution in [0.2, 0.25) is 0 Å². The van der Waals surface area contributed by atoms with Crippen LogP contribution in [0.3, 0.4) is 0 Å². The summed E-state index contributed by atoms with van der Waals surface area (Å²) in [6.45, 7) is 7.88. The van der Waals surface area contributed by atoms with Gasteiger partial charge in [0.2, 0.25) is 0 Å². The van der Waals surface area contributed by atoms with Crippen molar-refractivity contribution >= 4 is 5.82 Å². The maximum Gasteiger partial charge on any atom is 0.147 e. The summed E-state index contributed by atoms with van der Waals surface area (Å²) in [6, 6.07) is 0. The topological polar surface area (TPSA) is 49.2 Å². The molecule has 0 saturated heterocycles. The summed E-state index contributed by atoms with van der Waals surface area (Å²) in [4.78, 5) is 10.6. The van der Waals surface area contributed by atoms with Crippen LogP contribution >= 0.6 is 0 Å². The quantitative estimate of drug-likeness (QED) is 0.815. The molecular formula is C11H19N3O. The van der Waals surface area contributed by atoms with Crippen molar-refractivity contribution in [3.05, 3.63) is 17.6 Å². The predicted octanol–water partition coefficient (Wildman–Crippen LogP) is 1.30. The number of aryl methyl sites for hydroxylation is 2. The van der Waals surface area contributed by atoms with Gasteiger partial charge in [-0.15, -0.1) is 0 Å². The van der Waals surface area contributed by atoms with Gasteiger partial charge in [0.1, 0.15) is 5.82 Å². The van der Waals surface area contributed by atoms with E-state index in [1.165, 1.54) is 0 Å². The van der Waals surface area contributed by atoms with Crippen LogP contribution in [0, 0.1) is 13.8 Å². The Morgan fingerprint density at radius 2 is 1.93 bits per heavy atom. The van der Waals surface area contributed by atoms with Gasteiger partial charge in [0.25, 0.3) is 0 Å². The second-order valence-corrected chi connectivity index (χ2v) is 4.43. The Balaban J connectivity index is 3.02. The largest absolute Gasteiger partial charge is 0.394 e. The van der Waals surface area contributed by atoms with E-state index in [2.05, 4.69) is 9.97 Å². The van der Waals surface area contributed by atoms with Crippen molar-refractivity contribution in [2.75, 3.05) is 18.6 Å². The fourth-order valence-corrected chi connectivity index (χ4v) is 1.11. The van der Waals surface area contributed by atoms with E-state index in [1.807, 2.05) is 39.6 Å². The summed E-state index contributed by atoms with van der Waals surface area (Å²) in [5.41, 5.74) is 1.54. The van der Waals surface area contributed by atoms with Crippen molar-refractivity contribution in [3.8, 4) is 0 Å². The molecule has 0 bridgehead atoms. The summed E-state index contributed by atoms with van der Waals surface area (Å²) in [6.07, 6.45) is 1.74. The highest BCUT2D eigenvalue weighted by Gasteiger charge is 2.23.